The van der Waals surface area contributed by atoms with E-state index in [1.54, 1.807) is 6.92 Å². The highest BCUT2D eigenvalue weighted by atomic mass is 16.5. The molecule has 2 unspecified atom stereocenters. The van der Waals surface area contributed by atoms with Crippen LogP contribution in [0.2, 0.25) is 0 Å². The highest BCUT2D eigenvalue weighted by molar-refractivity contribution is 5.83. The molecule has 1 aromatic rings. The zero-order valence-corrected chi connectivity index (χ0v) is 11.8. The number of aryl methyl sites for hydroxylation is 2. The first-order chi connectivity index (χ1) is 9.41. The summed E-state index contributed by atoms with van der Waals surface area (Å²) in [5, 5.41) is 15.8. The average molecular weight is 281 g/mol. The summed E-state index contributed by atoms with van der Waals surface area (Å²) < 4.78 is 5.07. The van der Waals surface area contributed by atoms with E-state index in [-0.39, 0.29) is 12.1 Å². The minimum atomic E-state index is -0.956. The lowest BCUT2D eigenvalue weighted by Gasteiger charge is -2.24. The van der Waals surface area contributed by atoms with Gasteiger partial charge in [0.05, 0.1) is 11.7 Å². The molecule has 0 bridgehead atoms. The van der Waals surface area contributed by atoms with Gasteiger partial charge in [-0.1, -0.05) is 5.16 Å². The topological polar surface area (TPSA) is 95.7 Å². The number of urea groups is 1. The van der Waals surface area contributed by atoms with E-state index in [9.17, 15) is 9.59 Å². The lowest BCUT2D eigenvalue weighted by molar-refractivity contribution is -0.141. The van der Waals surface area contributed by atoms with Crippen LogP contribution in [0.15, 0.2) is 4.52 Å². The molecule has 1 saturated heterocycles. The molecule has 2 atom stereocenters. The van der Waals surface area contributed by atoms with Crippen LogP contribution in [0.3, 0.4) is 0 Å². The zero-order chi connectivity index (χ0) is 14.9. The SMILES string of the molecule is Cc1noc(C)c1C(C)NC(=O)N1CCCC1C(=O)O. The van der Waals surface area contributed by atoms with E-state index in [1.807, 2.05) is 13.8 Å². The molecular weight excluding hydrogens is 262 g/mol. The Morgan fingerprint density at radius 1 is 1.50 bits per heavy atom. The van der Waals surface area contributed by atoms with Crippen LogP contribution in [0.1, 0.15) is 42.8 Å². The zero-order valence-electron chi connectivity index (χ0n) is 11.8. The summed E-state index contributed by atoms with van der Waals surface area (Å²) in [5.74, 6) is -0.297. The first-order valence-corrected chi connectivity index (χ1v) is 6.64. The molecule has 110 valence electrons. The molecule has 1 aliphatic rings. The van der Waals surface area contributed by atoms with Gasteiger partial charge in [-0.3, -0.25) is 0 Å². The van der Waals surface area contributed by atoms with E-state index < -0.39 is 12.0 Å². The second-order valence-corrected chi connectivity index (χ2v) is 5.10. The molecule has 1 fully saturated rings. The van der Waals surface area contributed by atoms with Gasteiger partial charge in [0.2, 0.25) is 0 Å². The molecule has 7 heteroatoms. The first kappa shape index (κ1) is 14.4. The van der Waals surface area contributed by atoms with E-state index in [0.717, 1.165) is 11.3 Å². The van der Waals surface area contributed by atoms with Crippen molar-refractivity contribution in [3.05, 3.63) is 17.0 Å². The quantitative estimate of drug-likeness (QED) is 0.877. The Morgan fingerprint density at radius 2 is 2.20 bits per heavy atom. The highest BCUT2D eigenvalue weighted by Crippen LogP contribution is 2.23. The summed E-state index contributed by atoms with van der Waals surface area (Å²) >= 11 is 0. The Bertz CT molecular complexity index is 506. The first-order valence-electron chi connectivity index (χ1n) is 6.64. The Labute approximate surface area is 116 Å². The van der Waals surface area contributed by atoms with Crippen molar-refractivity contribution >= 4 is 12.0 Å². The molecule has 0 saturated carbocycles. The molecule has 20 heavy (non-hydrogen) atoms. The van der Waals surface area contributed by atoms with Crippen LogP contribution in [-0.2, 0) is 4.79 Å². The van der Waals surface area contributed by atoms with Crippen molar-refractivity contribution in [1.82, 2.24) is 15.4 Å². The van der Waals surface area contributed by atoms with E-state index >= 15 is 0 Å². The molecular formula is C13H19N3O4. The standard InChI is InChI=1S/C13H19N3O4/c1-7(11-8(2)15-20-9(11)3)14-13(19)16-6-4-5-10(16)12(17)18/h7,10H,4-6H2,1-3H3,(H,14,19)(H,17,18). The molecule has 2 heterocycles. The van der Waals surface area contributed by atoms with E-state index in [1.165, 1.54) is 4.90 Å². The molecule has 2 rings (SSSR count). The van der Waals surface area contributed by atoms with Gasteiger partial charge in [0.25, 0.3) is 0 Å². The molecule has 1 aromatic heterocycles. The van der Waals surface area contributed by atoms with Gasteiger partial charge >= 0.3 is 12.0 Å². The number of nitrogens with one attached hydrogen (secondary N) is 1. The number of aromatic nitrogens is 1. The lowest BCUT2D eigenvalue weighted by atomic mass is 10.1. The summed E-state index contributed by atoms with van der Waals surface area (Å²) in [6.45, 7) is 5.89. The molecule has 0 aliphatic carbocycles. The van der Waals surface area contributed by atoms with Crippen LogP contribution in [-0.4, -0.2) is 39.8 Å². The van der Waals surface area contributed by atoms with Crippen LogP contribution in [0.5, 0.6) is 0 Å². The van der Waals surface area contributed by atoms with Gasteiger partial charge < -0.3 is 19.8 Å². The number of carboxylic acids is 1. The van der Waals surface area contributed by atoms with Gasteiger partial charge in [-0.25, -0.2) is 9.59 Å². The maximum Gasteiger partial charge on any atom is 0.326 e. The van der Waals surface area contributed by atoms with Crippen LogP contribution < -0.4 is 5.32 Å². The fourth-order valence-corrected chi connectivity index (χ4v) is 2.72. The Balaban J connectivity index is 2.06. The van der Waals surface area contributed by atoms with Gasteiger partial charge in [-0.15, -0.1) is 0 Å². The number of rotatable bonds is 3. The third kappa shape index (κ3) is 2.61. The van der Waals surface area contributed by atoms with Gasteiger partial charge in [-0.2, -0.15) is 0 Å². The number of hydrogen-bond donors (Lipinski definition) is 2. The number of hydrogen-bond acceptors (Lipinski definition) is 4. The van der Waals surface area contributed by atoms with Crippen LogP contribution in [0, 0.1) is 13.8 Å². The molecule has 7 nitrogen and oxygen atoms in total. The number of nitrogens with zero attached hydrogens (tertiary/aromatic N) is 2. The Hall–Kier alpha value is -2.05. The van der Waals surface area contributed by atoms with Crippen LogP contribution >= 0.6 is 0 Å². The Morgan fingerprint density at radius 3 is 2.75 bits per heavy atom. The minimum Gasteiger partial charge on any atom is -0.480 e. The molecule has 0 spiro atoms. The van der Waals surface area contributed by atoms with Gasteiger partial charge in [-0.05, 0) is 33.6 Å². The lowest BCUT2D eigenvalue weighted by Crippen LogP contribution is -2.46. The van der Waals surface area contributed by atoms with Crippen molar-refractivity contribution in [3.63, 3.8) is 0 Å². The number of carbonyl (C=O) groups excluding carboxylic acids is 1. The second kappa shape index (κ2) is 5.52. The predicted octanol–water partition coefficient (Wildman–Crippen LogP) is 1.61. The third-order valence-electron chi connectivity index (χ3n) is 3.66. The summed E-state index contributed by atoms with van der Waals surface area (Å²) in [7, 11) is 0. The van der Waals surface area contributed by atoms with E-state index in [4.69, 9.17) is 9.63 Å². The Kier molecular flexibility index (Phi) is 3.96. The number of amides is 2. The van der Waals surface area contributed by atoms with Gasteiger partial charge in [0, 0.05) is 12.1 Å². The molecule has 1 aliphatic heterocycles. The van der Waals surface area contributed by atoms with Crippen molar-refractivity contribution in [2.75, 3.05) is 6.54 Å². The van der Waals surface area contributed by atoms with Gasteiger partial charge in [0.15, 0.2) is 0 Å². The molecule has 2 N–H and O–H groups in total. The maximum atomic E-state index is 12.2. The largest absolute Gasteiger partial charge is 0.480 e. The van der Waals surface area contributed by atoms with Crippen molar-refractivity contribution in [2.24, 2.45) is 0 Å². The minimum absolute atomic E-state index is 0.274. The predicted molar refractivity (Wildman–Crippen MR) is 70.3 cm³/mol. The number of aliphatic carboxylic acids is 1. The summed E-state index contributed by atoms with van der Waals surface area (Å²) in [6, 6.07) is -1.36. The fraction of sp³-hybridized carbons (Fsp3) is 0.615. The highest BCUT2D eigenvalue weighted by Gasteiger charge is 2.34. The second-order valence-electron chi connectivity index (χ2n) is 5.10. The monoisotopic (exact) mass is 281 g/mol. The van der Waals surface area contributed by atoms with E-state index in [0.29, 0.717) is 25.1 Å². The van der Waals surface area contributed by atoms with E-state index in [2.05, 4.69) is 10.5 Å². The van der Waals surface area contributed by atoms with Crippen molar-refractivity contribution in [3.8, 4) is 0 Å². The van der Waals surface area contributed by atoms with Crippen molar-refractivity contribution in [1.29, 1.82) is 0 Å². The van der Waals surface area contributed by atoms with Gasteiger partial charge in [0.1, 0.15) is 11.8 Å². The van der Waals surface area contributed by atoms with Crippen molar-refractivity contribution in [2.45, 2.75) is 45.7 Å². The number of carbonyl (C=O) groups is 2. The van der Waals surface area contributed by atoms with Crippen LogP contribution in [0.4, 0.5) is 4.79 Å². The number of carboxylic acid groups (broad SMARTS) is 1. The fourth-order valence-electron chi connectivity index (χ4n) is 2.72. The third-order valence-corrected chi connectivity index (χ3v) is 3.66. The van der Waals surface area contributed by atoms with Crippen LogP contribution in [0.25, 0.3) is 0 Å². The normalized spacial score (nSPS) is 19.9. The molecule has 2 amide bonds. The average Bonchev–Trinajstić information content (AvgIpc) is 2.96. The molecule has 0 radical (unpaired) electrons. The summed E-state index contributed by atoms with van der Waals surface area (Å²) in [4.78, 5) is 24.7. The summed E-state index contributed by atoms with van der Waals surface area (Å²) in [6.07, 6.45) is 1.21. The number of likely N-dealkylation sites (tertiary alicyclic amines) is 1. The molecule has 0 aromatic carbocycles. The summed E-state index contributed by atoms with van der Waals surface area (Å²) in [5.41, 5.74) is 1.57. The smallest absolute Gasteiger partial charge is 0.326 e. The van der Waals surface area contributed by atoms with Crippen molar-refractivity contribution < 1.29 is 19.2 Å². The maximum absolute atomic E-state index is 12.2.